The van der Waals surface area contributed by atoms with Gasteiger partial charge in [-0.2, -0.15) is 0 Å². The third-order valence-corrected chi connectivity index (χ3v) is 9.87. The van der Waals surface area contributed by atoms with Crippen LogP contribution in [0, 0.1) is 23.2 Å². The molecule has 0 aromatic heterocycles. The summed E-state index contributed by atoms with van der Waals surface area (Å²) in [6.07, 6.45) is 7.26. The summed E-state index contributed by atoms with van der Waals surface area (Å²) in [5.41, 5.74) is 4.04. The van der Waals surface area contributed by atoms with Crippen LogP contribution in [-0.2, 0) is 9.59 Å². The Morgan fingerprint density at radius 1 is 0.971 bits per heavy atom. The molecule has 2 amide bonds. The lowest BCUT2D eigenvalue weighted by atomic mass is 9.49. The van der Waals surface area contributed by atoms with E-state index in [2.05, 4.69) is 43.4 Å². The number of thioether (sulfide) groups is 1. The third kappa shape index (κ3) is 3.77. The number of para-hydroxylation sites is 1. The molecule has 7 rings (SSSR count). The van der Waals surface area contributed by atoms with Gasteiger partial charge >= 0.3 is 0 Å². The second-order valence-corrected chi connectivity index (χ2v) is 12.5. The number of rotatable bonds is 5. The van der Waals surface area contributed by atoms with Gasteiger partial charge < -0.3 is 5.32 Å². The maximum Gasteiger partial charge on any atom is 0.238 e. The molecule has 1 heterocycles. The molecule has 4 bridgehead atoms. The monoisotopic (exact) mass is 474 g/mol. The largest absolute Gasteiger partial charge is 0.326 e. The molecule has 4 saturated carbocycles. The van der Waals surface area contributed by atoms with Gasteiger partial charge in [0, 0.05) is 11.4 Å². The van der Waals surface area contributed by atoms with Crippen LogP contribution in [0.4, 0.5) is 11.4 Å². The fourth-order valence-electron chi connectivity index (χ4n) is 7.51. The van der Waals surface area contributed by atoms with Gasteiger partial charge in [-0.3, -0.25) is 14.5 Å². The zero-order valence-corrected chi connectivity index (χ0v) is 20.9. The zero-order chi connectivity index (χ0) is 23.4. The highest BCUT2D eigenvalue weighted by Crippen LogP contribution is 2.60. The summed E-state index contributed by atoms with van der Waals surface area (Å²) in [5.74, 6) is 3.50. The van der Waals surface area contributed by atoms with Crippen molar-refractivity contribution in [1.29, 1.82) is 0 Å². The molecule has 2 aromatic rings. The van der Waals surface area contributed by atoms with E-state index < -0.39 is 0 Å². The Morgan fingerprint density at radius 3 is 2.21 bits per heavy atom. The van der Waals surface area contributed by atoms with Gasteiger partial charge in [0.05, 0.1) is 11.2 Å². The molecule has 1 aliphatic heterocycles. The van der Waals surface area contributed by atoms with Crippen LogP contribution in [0.15, 0.2) is 48.5 Å². The average molecular weight is 475 g/mol. The lowest BCUT2D eigenvalue weighted by Crippen LogP contribution is -2.51. The summed E-state index contributed by atoms with van der Waals surface area (Å²) in [6.45, 7) is 4.34. The van der Waals surface area contributed by atoms with E-state index in [1.54, 1.807) is 11.8 Å². The Labute approximate surface area is 206 Å². The van der Waals surface area contributed by atoms with Gasteiger partial charge in [-0.25, -0.2) is 0 Å². The maximum atomic E-state index is 13.4. The van der Waals surface area contributed by atoms with E-state index in [0.717, 1.165) is 54.0 Å². The van der Waals surface area contributed by atoms with Crippen molar-refractivity contribution in [3.05, 3.63) is 59.7 Å². The number of hydrogen-bond donors (Lipinski definition) is 1. The van der Waals surface area contributed by atoms with Crippen LogP contribution in [0.25, 0.3) is 0 Å². The maximum absolute atomic E-state index is 13.4. The second kappa shape index (κ2) is 8.44. The molecule has 0 spiro atoms. The standard InChI is InChI=1S/C29H34N2O2S/c1-18(2)24-5-3-4-6-25(24)31-26(32)17-34-27(31)22-7-9-23(10-8-22)30-28(33)29-14-19-11-20(15-29)13-21(12-19)16-29/h3-10,18-21,27H,11-17H2,1-2H3,(H,30,33). The zero-order valence-electron chi connectivity index (χ0n) is 20.1. The van der Waals surface area contributed by atoms with E-state index in [1.165, 1.54) is 24.8 Å². The molecule has 2 aromatic carbocycles. The van der Waals surface area contributed by atoms with Crippen molar-refractivity contribution in [2.75, 3.05) is 16.0 Å². The number of carbonyl (C=O) groups is 2. The first kappa shape index (κ1) is 22.2. The van der Waals surface area contributed by atoms with Crippen LogP contribution in [-0.4, -0.2) is 17.6 Å². The summed E-state index contributed by atoms with van der Waals surface area (Å²) in [6, 6.07) is 16.4. The van der Waals surface area contributed by atoms with E-state index in [1.807, 2.05) is 29.2 Å². The molecule has 5 aliphatic rings. The summed E-state index contributed by atoms with van der Waals surface area (Å²) >= 11 is 1.67. The fraction of sp³-hybridized carbons (Fsp3) is 0.517. The minimum absolute atomic E-state index is 0.0414. The molecule has 34 heavy (non-hydrogen) atoms. The molecule has 4 aliphatic carbocycles. The highest BCUT2D eigenvalue weighted by atomic mass is 32.2. The highest BCUT2D eigenvalue weighted by Gasteiger charge is 2.54. The van der Waals surface area contributed by atoms with Gasteiger partial charge in [0.1, 0.15) is 5.37 Å². The van der Waals surface area contributed by atoms with E-state index in [0.29, 0.717) is 11.7 Å². The molecule has 1 saturated heterocycles. The van der Waals surface area contributed by atoms with Gasteiger partial charge in [0.25, 0.3) is 0 Å². The van der Waals surface area contributed by atoms with Crippen LogP contribution in [0.1, 0.15) is 74.8 Å². The number of nitrogens with one attached hydrogen (secondary N) is 1. The smallest absolute Gasteiger partial charge is 0.238 e. The van der Waals surface area contributed by atoms with E-state index >= 15 is 0 Å². The molecule has 1 N–H and O–H groups in total. The average Bonchev–Trinajstić information content (AvgIpc) is 3.19. The van der Waals surface area contributed by atoms with Gasteiger partial charge in [-0.15, -0.1) is 11.8 Å². The first-order valence-corrected chi connectivity index (χ1v) is 13.9. The van der Waals surface area contributed by atoms with Gasteiger partial charge in [0.15, 0.2) is 0 Å². The Kier molecular flexibility index (Phi) is 5.51. The van der Waals surface area contributed by atoms with Crippen molar-refractivity contribution in [2.24, 2.45) is 23.2 Å². The van der Waals surface area contributed by atoms with Gasteiger partial charge in [-0.1, -0.05) is 44.2 Å². The fourth-order valence-corrected chi connectivity index (χ4v) is 8.68. The Balaban J connectivity index is 1.20. The molecule has 1 unspecified atom stereocenters. The topological polar surface area (TPSA) is 49.4 Å². The lowest BCUT2D eigenvalue weighted by molar-refractivity contribution is -0.140. The van der Waals surface area contributed by atoms with E-state index in [9.17, 15) is 9.59 Å². The molecule has 4 nitrogen and oxygen atoms in total. The molecule has 5 heteroatoms. The molecule has 0 radical (unpaired) electrons. The van der Waals surface area contributed by atoms with Crippen LogP contribution in [0.2, 0.25) is 0 Å². The van der Waals surface area contributed by atoms with Crippen LogP contribution < -0.4 is 10.2 Å². The summed E-state index contributed by atoms with van der Waals surface area (Å²) in [4.78, 5) is 28.3. The molecular formula is C29H34N2O2S. The molecule has 178 valence electrons. The van der Waals surface area contributed by atoms with Gasteiger partial charge in [0.2, 0.25) is 11.8 Å². The first-order valence-electron chi connectivity index (χ1n) is 12.9. The lowest BCUT2D eigenvalue weighted by Gasteiger charge is -2.55. The molecular weight excluding hydrogens is 440 g/mol. The highest BCUT2D eigenvalue weighted by molar-refractivity contribution is 8.00. The van der Waals surface area contributed by atoms with Crippen molar-refractivity contribution in [2.45, 2.75) is 63.7 Å². The van der Waals surface area contributed by atoms with E-state index in [-0.39, 0.29) is 22.6 Å². The quantitative estimate of drug-likeness (QED) is 0.522. The minimum atomic E-state index is -0.140. The van der Waals surface area contributed by atoms with Crippen LogP contribution in [0.3, 0.4) is 0 Å². The Bertz CT molecular complexity index is 1070. The van der Waals surface area contributed by atoms with Crippen molar-refractivity contribution >= 4 is 35.0 Å². The van der Waals surface area contributed by atoms with Crippen molar-refractivity contribution in [3.63, 3.8) is 0 Å². The predicted octanol–water partition coefficient (Wildman–Crippen LogP) is 6.74. The number of hydrogen-bond acceptors (Lipinski definition) is 3. The van der Waals surface area contributed by atoms with Crippen LogP contribution >= 0.6 is 11.8 Å². The SMILES string of the molecule is CC(C)c1ccccc1N1C(=O)CSC1c1ccc(NC(=O)C23CC4CC(CC(C4)C2)C3)cc1. The van der Waals surface area contributed by atoms with Crippen molar-refractivity contribution in [3.8, 4) is 0 Å². The predicted molar refractivity (Wildman–Crippen MR) is 139 cm³/mol. The Morgan fingerprint density at radius 2 is 1.59 bits per heavy atom. The minimum Gasteiger partial charge on any atom is -0.326 e. The van der Waals surface area contributed by atoms with Crippen molar-refractivity contribution in [1.82, 2.24) is 0 Å². The van der Waals surface area contributed by atoms with Crippen molar-refractivity contribution < 1.29 is 9.59 Å². The summed E-state index contributed by atoms with van der Waals surface area (Å²) in [7, 11) is 0. The Hall–Kier alpha value is -2.27. The van der Waals surface area contributed by atoms with E-state index in [4.69, 9.17) is 0 Å². The second-order valence-electron chi connectivity index (χ2n) is 11.4. The number of carbonyl (C=O) groups excluding carboxylic acids is 2. The number of amides is 2. The number of nitrogens with zero attached hydrogens (tertiary/aromatic N) is 1. The van der Waals surface area contributed by atoms with Gasteiger partial charge in [-0.05, 0) is 91.5 Å². The normalized spacial score (nSPS) is 32.0. The summed E-state index contributed by atoms with van der Waals surface area (Å²) in [5, 5.41) is 3.22. The first-order chi connectivity index (χ1) is 16.4. The summed E-state index contributed by atoms with van der Waals surface area (Å²) < 4.78 is 0. The molecule has 5 fully saturated rings. The molecule has 1 atom stereocenters. The third-order valence-electron chi connectivity index (χ3n) is 8.66. The number of benzene rings is 2. The number of anilines is 2. The van der Waals surface area contributed by atoms with Crippen LogP contribution in [0.5, 0.6) is 0 Å².